The van der Waals surface area contributed by atoms with E-state index in [4.69, 9.17) is 0 Å². The summed E-state index contributed by atoms with van der Waals surface area (Å²) < 4.78 is 23.9. The predicted octanol–water partition coefficient (Wildman–Crippen LogP) is -1.07. The SMILES string of the molecule is CNS(=O)(=O)C1CNC1.Cl. The van der Waals surface area contributed by atoms with Crippen LogP contribution in [0.1, 0.15) is 0 Å². The van der Waals surface area contributed by atoms with Crippen molar-refractivity contribution in [1.82, 2.24) is 10.0 Å². The van der Waals surface area contributed by atoms with Crippen LogP contribution in [0, 0.1) is 0 Å². The van der Waals surface area contributed by atoms with Crippen molar-refractivity contribution in [1.29, 1.82) is 0 Å². The molecule has 0 aromatic carbocycles. The molecule has 0 aromatic rings. The van der Waals surface area contributed by atoms with Crippen LogP contribution < -0.4 is 10.0 Å². The Morgan fingerprint density at radius 2 is 2.00 bits per heavy atom. The van der Waals surface area contributed by atoms with Gasteiger partial charge >= 0.3 is 0 Å². The molecular weight excluding hydrogens is 176 g/mol. The summed E-state index contributed by atoms with van der Waals surface area (Å²) in [6, 6.07) is 0. The van der Waals surface area contributed by atoms with Crippen molar-refractivity contribution >= 4 is 22.4 Å². The van der Waals surface area contributed by atoms with Crippen LogP contribution in [0.15, 0.2) is 0 Å². The molecule has 0 saturated carbocycles. The second kappa shape index (κ2) is 3.52. The first-order valence-electron chi connectivity index (χ1n) is 2.80. The molecule has 1 saturated heterocycles. The van der Waals surface area contributed by atoms with E-state index in [1.807, 2.05) is 0 Å². The van der Waals surface area contributed by atoms with Gasteiger partial charge in [0, 0.05) is 13.1 Å². The normalized spacial score (nSPS) is 19.3. The third kappa shape index (κ3) is 1.82. The van der Waals surface area contributed by atoms with Crippen LogP contribution in [0.25, 0.3) is 0 Å². The average molecular weight is 187 g/mol. The zero-order valence-electron chi connectivity index (χ0n) is 5.62. The molecule has 0 radical (unpaired) electrons. The topological polar surface area (TPSA) is 58.2 Å². The zero-order valence-corrected chi connectivity index (χ0v) is 7.26. The van der Waals surface area contributed by atoms with Gasteiger partial charge in [0.2, 0.25) is 10.0 Å². The molecule has 0 bridgehead atoms. The molecule has 1 aliphatic heterocycles. The largest absolute Gasteiger partial charge is 0.314 e. The molecule has 0 amide bonds. The Morgan fingerprint density at radius 3 is 2.10 bits per heavy atom. The van der Waals surface area contributed by atoms with Crippen molar-refractivity contribution in [3.05, 3.63) is 0 Å². The Hall–Kier alpha value is 0.160. The van der Waals surface area contributed by atoms with Gasteiger partial charge in [0.05, 0.1) is 0 Å². The van der Waals surface area contributed by atoms with Gasteiger partial charge in [-0.2, -0.15) is 0 Å². The number of halogens is 1. The summed E-state index contributed by atoms with van der Waals surface area (Å²) in [5.74, 6) is 0. The first-order chi connectivity index (χ1) is 4.17. The van der Waals surface area contributed by atoms with E-state index in [1.165, 1.54) is 7.05 Å². The summed E-state index contributed by atoms with van der Waals surface area (Å²) in [6.45, 7) is 1.17. The Balaban J connectivity index is 0.000000810. The van der Waals surface area contributed by atoms with E-state index in [-0.39, 0.29) is 17.7 Å². The summed E-state index contributed by atoms with van der Waals surface area (Å²) in [7, 11) is -1.54. The van der Waals surface area contributed by atoms with Gasteiger partial charge in [0.15, 0.2) is 0 Å². The molecule has 1 rings (SSSR count). The standard InChI is InChI=1S/C4H10N2O2S.ClH/c1-5-9(7,8)4-2-6-3-4;/h4-6H,2-3H2,1H3;1H. The zero-order chi connectivity index (χ0) is 6.91. The van der Waals surface area contributed by atoms with Gasteiger partial charge in [-0.25, -0.2) is 13.1 Å². The lowest BCUT2D eigenvalue weighted by Gasteiger charge is -2.25. The lowest BCUT2D eigenvalue weighted by Crippen LogP contribution is -2.54. The minimum atomic E-state index is -2.97. The molecule has 1 fully saturated rings. The fourth-order valence-electron chi connectivity index (χ4n) is 0.648. The van der Waals surface area contributed by atoms with E-state index in [2.05, 4.69) is 10.0 Å². The molecule has 0 unspecified atom stereocenters. The first-order valence-corrected chi connectivity index (χ1v) is 4.34. The number of nitrogens with one attached hydrogen (secondary N) is 2. The molecule has 2 N–H and O–H groups in total. The van der Waals surface area contributed by atoms with E-state index < -0.39 is 10.0 Å². The molecular formula is C4H11ClN2O2S. The highest BCUT2D eigenvalue weighted by molar-refractivity contribution is 7.90. The highest BCUT2D eigenvalue weighted by atomic mass is 35.5. The number of hydrogen-bond acceptors (Lipinski definition) is 3. The molecule has 1 heterocycles. The molecule has 1 aliphatic rings. The molecule has 10 heavy (non-hydrogen) atoms. The van der Waals surface area contributed by atoms with Crippen molar-refractivity contribution in [2.24, 2.45) is 0 Å². The summed E-state index contributed by atoms with van der Waals surface area (Å²) in [5.41, 5.74) is 0. The van der Waals surface area contributed by atoms with Crippen molar-refractivity contribution in [3.8, 4) is 0 Å². The predicted molar refractivity (Wildman–Crippen MR) is 41.9 cm³/mol. The van der Waals surface area contributed by atoms with E-state index in [1.54, 1.807) is 0 Å². The van der Waals surface area contributed by atoms with Gasteiger partial charge in [0.1, 0.15) is 5.25 Å². The van der Waals surface area contributed by atoms with Gasteiger partial charge in [0.25, 0.3) is 0 Å². The van der Waals surface area contributed by atoms with Crippen molar-refractivity contribution in [3.63, 3.8) is 0 Å². The minimum absolute atomic E-state index is 0. The van der Waals surface area contributed by atoms with Crippen LogP contribution >= 0.6 is 12.4 Å². The molecule has 0 atom stereocenters. The van der Waals surface area contributed by atoms with Gasteiger partial charge in [-0.15, -0.1) is 12.4 Å². The molecule has 0 aromatic heterocycles. The molecule has 0 aliphatic carbocycles. The van der Waals surface area contributed by atoms with Gasteiger partial charge in [-0.1, -0.05) is 0 Å². The lowest BCUT2D eigenvalue weighted by molar-refractivity contribution is 0.490. The monoisotopic (exact) mass is 186 g/mol. The maximum Gasteiger partial charge on any atom is 0.216 e. The van der Waals surface area contributed by atoms with Crippen molar-refractivity contribution < 1.29 is 8.42 Å². The third-order valence-electron chi connectivity index (χ3n) is 1.47. The van der Waals surface area contributed by atoms with Crippen LogP contribution in [0.2, 0.25) is 0 Å². The molecule has 4 nitrogen and oxygen atoms in total. The fourth-order valence-corrected chi connectivity index (χ4v) is 1.66. The first kappa shape index (κ1) is 10.2. The van der Waals surface area contributed by atoms with Crippen LogP contribution in [-0.2, 0) is 10.0 Å². The van der Waals surface area contributed by atoms with E-state index in [0.717, 1.165) is 0 Å². The van der Waals surface area contributed by atoms with E-state index in [0.29, 0.717) is 13.1 Å². The Labute approximate surface area is 66.8 Å². The van der Waals surface area contributed by atoms with Gasteiger partial charge in [-0.3, -0.25) is 0 Å². The number of rotatable bonds is 2. The van der Waals surface area contributed by atoms with Gasteiger partial charge in [-0.05, 0) is 7.05 Å². The number of hydrogen-bond donors (Lipinski definition) is 2. The number of sulfonamides is 1. The van der Waals surface area contributed by atoms with Crippen LogP contribution in [-0.4, -0.2) is 33.8 Å². The summed E-state index contributed by atoms with van der Waals surface area (Å²) in [4.78, 5) is 0. The van der Waals surface area contributed by atoms with E-state index in [9.17, 15) is 8.42 Å². The maximum absolute atomic E-state index is 10.8. The van der Waals surface area contributed by atoms with Crippen LogP contribution in [0.4, 0.5) is 0 Å². The minimum Gasteiger partial charge on any atom is -0.314 e. The van der Waals surface area contributed by atoms with Crippen molar-refractivity contribution in [2.45, 2.75) is 5.25 Å². The molecule has 0 spiro atoms. The van der Waals surface area contributed by atoms with Gasteiger partial charge < -0.3 is 5.32 Å². The second-order valence-electron chi connectivity index (χ2n) is 2.03. The van der Waals surface area contributed by atoms with Crippen molar-refractivity contribution in [2.75, 3.05) is 20.1 Å². The smallest absolute Gasteiger partial charge is 0.216 e. The summed E-state index contributed by atoms with van der Waals surface area (Å²) >= 11 is 0. The lowest BCUT2D eigenvalue weighted by atomic mass is 10.3. The van der Waals surface area contributed by atoms with Crippen LogP contribution in [0.5, 0.6) is 0 Å². The Kier molecular flexibility index (Phi) is 3.58. The second-order valence-corrected chi connectivity index (χ2v) is 4.19. The molecule has 6 heteroatoms. The summed E-state index contributed by atoms with van der Waals surface area (Å²) in [6.07, 6.45) is 0. The Morgan fingerprint density at radius 1 is 1.50 bits per heavy atom. The quantitative estimate of drug-likeness (QED) is 0.578. The fraction of sp³-hybridized carbons (Fsp3) is 1.00. The average Bonchev–Trinajstić information content (AvgIpc) is 1.60. The van der Waals surface area contributed by atoms with Crippen LogP contribution in [0.3, 0.4) is 0 Å². The highest BCUT2D eigenvalue weighted by Crippen LogP contribution is 2.02. The molecule has 62 valence electrons. The maximum atomic E-state index is 10.8. The van der Waals surface area contributed by atoms with E-state index >= 15 is 0 Å². The third-order valence-corrected chi connectivity index (χ3v) is 3.25. The highest BCUT2D eigenvalue weighted by Gasteiger charge is 2.29. The summed E-state index contributed by atoms with van der Waals surface area (Å²) in [5, 5.41) is 2.68. The Bertz CT molecular complexity index is 187.